The second kappa shape index (κ2) is 7.45. The van der Waals surface area contributed by atoms with Gasteiger partial charge in [0.25, 0.3) is 0 Å². The number of pyridine rings is 1. The van der Waals surface area contributed by atoms with Gasteiger partial charge in [-0.15, -0.1) is 0 Å². The first-order valence-electron chi connectivity index (χ1n) is 10.7. The van der Waals surface area contributed by atoms with Gasteiger partial charge in [0.1, 0.15) is 24.6 Å². The minimum absolute atomic E-state index is 0.430. The summed E-state index contributed by atoms with van der Waals surface area (Å²) in [7, 11) is 0. The molecule has 0 spiro atoms. The second-order valence-corrected chi connectivity index (χ2v) is 8.03. The molecule has 0 bridgehead atoms. The standard InChI is InChI=1S/C27H20FN3O2/c28-25-20(8-4-12-30-25)17-5-3-6-18(15-17)27(22-9-2-1-7-21(22)26(29)31-27)19-10-11-23-24(16-19)33-14-13-32-23/h1-12,15-16H,13-14H2,(H2,29,31)/t27-/m1/s1. The Morgan fingerprint density at radius 2 is 1.58 bits per heavy atom. The van der Waals surface area contributed by atoms with Crippen molar-refractivity contribution >= 4 is 5.84 Å². The van der Waals surface area contributed by atoms with E-state index in [1.54, 1.807) is 12.1 Å². The highest BCUT2D eigenvalue weighted by Crippen LogP contribution is 2.48. The number of hydrogen-bond donors (Lipinski definition) is 1. The third-order valence-corrected chi connectivity index (χ3v) is 6.19. The van der Waals surface area contributed by atoms with Gasteiger partial charge < -0.3 is 15.2 Å². The minimum atomic E-state index is -0.911. The molecular formula is C27H20FN3O2. The summed E-state index contributed by atoms with van der Waals surface area (Å²) in [5.41, 5.74) is 10.3. The van der Waals surface area contributed by atoms with Gasteiger partial charge in [-0.1, -0.05) is 48.5 Å². The van der Waals surface area contributed by atoms with E-state index in [-0.39, 0.29) is 0 Å². The van der Waals surface area contributed by atoms with E-state index in [2.05, 4.69) is 4.98 Å². The maximum atomic E-state index is 14.5. The summed E-state index contributed by atoms with van der Waals surface area (Å²) >= 11 is 0. The smallest absolute Gasteiger partial charge is 0.220 e. The van der Waals surface area contributed by atoms with Gasteiger partial charge in [0.05, 0.1) is 0 Å². The van der Waals surface area contributed by atoms with Crippen LogP contribution < -0.4 is 15.2 Å². The number of rotatable bonds is 3. The maximum absolute atomic E-state index is 14.5. The fourth-order valence-corrected chi connectivity index (χ4v) is 4.71. The van der Waals surface area contributed by atoms with Gasteiger partial charge >= 0.3 is 0 Å². The van der Waals surface area contributed by atoms with E-state index in [1.807, 2.05) is 66.7 Å². The zero-order valence-corrected chi connectivity index (χ0v) is 17.7. The van der Waals surface area contributed by atoms with Gasteiger partial charge in [-0.05, 0) is 52.6 Å². The normalized spacial score (nSPS) is 18.5. The van der Waals surface area contributed by atoms with Crippen LogP contribution in [-0.4, -0.2) is 24.0 Å². The molecule has 33 heavy (non-hydrogen) atoms. The van der Waals surface area contributed by atoms with Crippen LogP contribution in [0.3, 0.4) is 0 Å². The molecule has 0 unspecified atom stereocenters. The molecule has 1 atom stereocenters. The number of nitrogens with two attached hydrogens (primary N) is 1. The number of aliphatic imine (C=N–C) groups is 1. The Morgan fingerprint density at radius 1 is 0.788 bits per heavy atom. The SMILES string of the molecule is NC1=N[C@](c2cccc(-c3cccnc3F)c2)(c2ccc3c(c2)OCCO3)c2ccccc21. The summed E-state index contributed by atoms with van der Waals surface area (Å²) in [6.07, 6.45) is 1.44. The van der Waals surface area contributed by atoms with Crippen molar-refractivity contribution in [2.24, 2.45) is 10.7 Å². The molecule has 0 saturated carbocycles. The molecule has 2 aliphatic heterocycles. The molecule has 2 aliphatic rings. The Labute approximate surface area is 190 Å². The van der Waals surface area contributed by atoms with E-state index in [9.17, 15) is 4.39 Å². The number of fused-ring (bicyclic) bond motifs is 2. The lowest BCUT2D eigenvalue weighted by molar-refractivity contribution is 0.171. The predicted octanol–water partition coefficient (Wildman–Crippen LogP) is 4.67. The van der Waals surface area contributed by atoms with E-state index in [0.717, 1.165) is 22.3 Å². The van der Waals surface area contributed by atoms with Crippen molar-refractivity contribution in [3.05, 3.63) is 113 Å². The van der Waals surface area contributed by atoms with Gasteiger partial charge in [-0.2, -0.15) is 4.39 Å². The average molecular weight is 437 g/mol. The lowest BCUT2D eigenvalue weighted by Crippen LogP contribution is -2.26. The third kappa shape index (κ3) is 2.98. The van der Waals surface area contributed by atoms with Crippen molar-refractivity contribution in [2.45, 2.75) is 5.54 Å². The maximum Gasteiger partial charge on any atom is 0.220 e. The van der Waals surface area contributed by atoms with Crippen molar-refractivity contribution in [3.8, 4) is 22.6 Å². The van der Waals surface area contributed by atoms with Crippen LogP contribution in [0.25, 0.3) is 11.1 Å². The first-order chi connectivity index (χ1) is 16.2. The van der Waals surface area contributed by atoms with Crippen molar-refractivity contribution < 1.29 is 13.9 Å². The highest BCUT2D eigenvalue weighted by Gasteiger charge is 2.43. The summed E-state index contributed by atoms with van der Waals surface area (Å²) in [6.45, 7) is 1.01. The summed E-state index contributed by atoms with van der Waals surface area (Å²) in [5.74, 6) is 1.32. The fraction of sp³-hybridized carbons (Fsp3) is 0.111. The van der Waals surface area contributed by atoms with Crippen LogP contribution in [-0.2, 0) is 5.54 Å². The third-order valence-electron chi connectivity index (χ3n) is 6.19. The zero-order chi connectivity index (χ0) is 22.4. The van der Waals surface area contributed by atoms with Crippen LogP contribution in [0.1, 0.15) is 22.3 Å². The van der Waals surface area contributed by atoms with Crippen molar-refractivity contribution in [2.75, 3.05) is 13.2 Å². The lowest BCUT2D eigenvalue weighted by atomic mass is 9.77. The van der Waals surface area contributed by atoms with Crippen LogP contribution in [0.4, 0.5) is 4.39 Å². The lowest BCUT2D eigenvalue weighted by Gasteiger charge is -2.31. The molecule has 0 aliphatic carbocycles. The average Bonchev–Trinajstić information content (AvgIpc) is 3.18. The van der Waals surface area contributed by atoms with Crippen LogP contribution in [0.5, 0.6) is 11.5 Å². The number of benzene rings is 3. The topological polar surface area (TPSA) is 69.7 Å². The van der Waals surface area contributed by atoms with Gasteiger partial charge in [0.15, 0.2) is 11.5 Å². The zero-order valence-electron chi connectivity index (χ0n) is 17.7. The van der Waals surface area contributed by atoms with E-state index in [1.165, 1.54) is 6.20 Å². The highest BCUT2D eigenvalue weighted by atomic mass is 19.1. The van der Waals surface area contributed by atoms with Gasteiger partial charge in [-0.25, -0.2) is 9.98 Å². The van der Waals surface area contributed by atoms with Crippen LogP contribution in [0, 0.1) is 5.95 Å². The number of aromatic nitrogens is 1. The quantitative estimate of drug-likeness (QED) is 0.473. The van der Waals surface area contributed by atoms with Crippen molar-refractivity contribution in [1.82, 2.24) is 4.98 Å². The number of ether oxygens (including phenoxy) is 2. The fourth-order valence-electron chi connectivity index (χ4n) is 4.71. The summed E-state index contributed by atoms with van der Waals surface area (Å²) in [4.78, 5) is 8.83. The molecule has 3 aromatic carbocycles. The van der Waals surface area contributed by atoms with Crippen LogP contribution in [0.2, 0.25) is 0 Å². The number of amidine groups is 1. The van der Waals surface area contributed by atoms with Gasteiger partial charge in [0.2, 0.25) is 5.95 Å². The number of nitrogens with zero attached hydrogens (tertiary/aromatic N) is 2. The molecule has 162 valence electrons. The Balaban J connectivity index is 1.61. The molecule has 3 heterocycles. The molecule has 2 N–H and O–H groups in total. The van der Waals surface area contributed by atoms with Crippen molar-refractivity contribution in [1.29, 1.82) is 0 Å². The molecule has 0 saturated heterocycles. The van der Waals surface area contributed by atoms with E-state index < -0.39 is 11.5 Å². The molecule has 6 heteroatoms. The second-order valence-electron chi connectivity index (χ2n) is 8.03. The van der Waals surface area contributed by atoms with Gasteiger partial charge in [0, 0.05) is 17.3 Å². The Hall–Kier alpha value is -4.19. The first kappa shape index (κ1) is 19.5. The highest BCUT2D eigenvalue weighted by molar-refractivity contribution is 6.03. The minimum Gasteiger partial charge on any atom is -0.486 e. The summed E-state index contributed by atoms with van der Waals surface area (Å²) in [6, 6.07) is 25.0. The molecule has 0 amide bonds. The number of hydrogen-bond acceptors (Lipinski definition) is 5. The molecule has 1 aromatic heterocycles. The molecule has 5 nitrogen and oxygen atoms in total. The summed E-state index contributed by atoms with van der Waals surface area (Å²) in [5, 5.41) is 0. The molecule has 4 aromatic rings. The Kier molecular flexibility index (Phi) is 4.40. The molecule has 0 radical (unpaired) electrons. The monoisotopic (exact) mass is 437 g/mol. The first-order valence-corrected chi connectivity index (χ1v) is 10.7. The van der Waals surface area contributed by atoms with E-state index >= 15 is 0 Å². The van der Waals surface area contributed by atoms with Crippen LogP contribution >= 0.6 is 0 Å². The summed E-state index contributed by atoms with van der Waals surface area (Å²) < 4.78 is 26.1. The molecular weight excluding hydrogens is 417 g/mol. The molecule has 0 fully saturated rings. The largest absolute Gasteiger partial charge is 0.486 e. The van der Waals surface area contributed by atoms with E-state index in [4.69, 9.17) is 20.2 Å². The van der Waals surface area contributed by atoms with Gasteiger partial charge in [-0.3, -0.25) is 0 Å². The van der Waals surface area contributed by atoms with Crippen LogP contribution in [0.15, 0.2) is 90.1 Å². The predicted molar refractivity (Wildman–Crippen MR) is 124 cm³/mol. The van der Waals surface area contributed by atoms with E-state index in [0.29, 0.717) is 41.7 Å². The number of halogens is 1. The Bertz CT molecular complexity index is 1420. The Morgan fingerprint density at radius 3 is 2.45 bits per heavy atom. The van der Waals surface area contributed by atoms with Crippen molar-refractivity contribution in [3.63, 3.8) is 0 Å². The molecule has 6 rings (SSSR count).